The van der Waals surface area contributed by atoms with E-state index in [1.165, 1.54) is 0 Å². The zero-order valence-electron chi connectivity index (χ0n) is 7.73. The number of hydrogen-bond donors (Lipinski definition) is 1. The first-order valence-corrected chi connectivity index (χ1v) is 5.98. The second kappa shape index (κ2) is 5.24. The Bertz CT molecular complexity index is 328. The topological polar surface area (TPSA) is 20.2 Å². The highest BCUT2D eigenvalue weighted by Gasteiger charge is 2.17. The maximum Gasteiger partial charge on any atom is 0.144 e. The lowest BCUT2D eigenvalue weighted by molar-refractivity contribution is 0.161. The summed E-state index contributed by atoms with van der Waals surface area (Å²) in [5.74, 6) is -0.389. The van der Waals surface area contributed by atoms with Gasteiger partial charge < -0.3 is 5.11 Å². The van der Waals surface area contributed by atoms with Gasteiger partial charge in [-0.3, -0.25) is 0 Å². The second-order valence-electron chi connectivity index (χ2n) is 3.06. The molecule has 0 aromatic heterocycles. The molecular formula is C10H11Br2FO. The summed E-state index contributed by atoms with van der Waals surface area (Å²) < 4.78 is 14.6. The van der Waals surface area contributed by atoms with Gasteiger partial charge in [-0.1, -0.05) is 29.3 Å². The Hall–Kier alpha value is 0.0700. The van der Waals surface area contributed by atoms with Crippen LogP contribution in [0.5, 0.6) is 0 Å². The number of hydrogen-bond acceptors (Lipinski definition) is 1. The highest BCUT2D eigenvalue weighted by molar-refractivity contribution is 9.11. The van der Waals surface area contributed by atoms with Crippen molar-refractivity contribution in [1.82, 2.24) is 0 Å². The lowest BCUT2D eigenvalue weighted by Crippen LogP contribution is -2.02. The molecule has 1 rings (SSSR count). The Balaban J connectivity index is 3.11. The molecule has 1 atom stereocenters. The van der Waals surface area contributed by atoms with E-state index in [4.69, 9.17) is 0 Å². The van der Waals surface area contributed by atoms with E-state index in [0.29, 0.717) is 20.9 Å². The number of benzene rings is 1. The molecule has 0 aliphatic heterocycles. The summed E-state index contributed by atoms with van der Waals surface area (Å²) in [6.07, 6.45) is 0.637. The third kappa shape index (κ3) is 2.55. The van der Waals surface area contributed by atoms with Crippen LogP contribution in [0, 0.1) is 5.82 Å². The average Bonchev–Trinajstić information content (AvgIpc) is 2.13. The van der Waals surface area contributed by atoms with Gasteiger partial charge in [-0.05, 0) is 34.5 Å². The van der Waals surface area contributed by atoms with Crippen molar-refractivity contribution in [3.05, 3.63) is 32.5 Å². The van der Waals surface area contributed by atoms with Gasteiger partial charge in [-0.2, -0.15) is 0 Å². The first-order chi connectivity index (χ1) is 6.57. The highest BCUT2D eigenvalue weighted by atomic mass is 79.9. The fraction of sp³-hybridized carbons (Fsp3) is 0.400. The minimum Gasteiger partial charge on any atom is -0.388 e. The molecule has 1 N–H and O–H groups in total. The number of aliphatic hydroxyl groups is 1. The van der Waals surface area contributed by atoms with Crippen LogP contribution in [0.25, 0.3) is 0 Å². The zero-order valence-corrected chi connectivity index (χ0v) is 10.9. The molecular weight excluding hydrogens is 315 g/mol. The lowest BCUT2D eigenvalue weighted by Gasteiger charge is -2.13. The molecule has 14 heavy (non-hydrogen) atoms. The van der Waals surface area contributed by atoms with Gasteiger partial charge in [0, 0.05) is 10.0 Å². The molecule has 1 unspecified atom stereocenters. The van der Waals surface area contributed by atoms with E-state index < -0.39 is 6.10 Å². The molecule has 0 saturated carbocycles. The SMILES string of the molecule is CCCC(O)c1c(Br)ccc(Br)c1F. The summed E-state index contributed by atoms with van der Waals surface area (Å²) in [6, 6.07) is 3.34. The minimum absolute atomic E-state index is 0.334. The summed E-state index contributed by atoms with van der Waals surface area (Å²) in [5.41, 5.74) is 0.334. The van der Waals surface area contributed by atoms with Gasteiger partial charge in [0.1, 0.15) is 5.82 Å². The van der Waals surface area contributed by atoms with Crippen LogP contribution in [-0.2, 0) is 0 Å². The molecule has 0 saturated heterocycles. The predicted octanol–water partition coefficient (Wildman–Crippen LogP) is 4.18. The first-order valence-electron chi connectivity index (χ1n) is 4.39. The molecule has 0 aliphatic carbocycles. The van der Waals surface area contributed by atoms with E-state index in [1.54, 1.807) is 12.1 Å². The standard InChI is InChI=1S/C10H11Br2FO/c1-2-3-8(14)9-6(11)4-5-7(12)10(9)13/h4-5,8,14H,2-3H2,1H3. The van der Waals surface area contributed by atoms with Crippen molar-refractivity contribution in [1.29, 1.82) is 0 Å². The summed E-state index contributed by atoms with van der Waals surface area (Å²) >= 11 is 6.32. The maximum absolute atomic E-state index is 13.6. The third-order valence-electron chi connectivity index (χ3n) is 1.97. The van der Waals surface area contributed by atoms with Crippen LogP contribution in [0.4, 0.5) is 4.39 Å². The van der Waals surface area contributed by atoms with Crippen molar-refractivity contribution in [2.24, 2.45) is 0 Å². The monoisotopic (exact) mass is 324 g/mol. The molecule has 0 aliphatic rings. The van der Waals surface area contributed by atoms with Crippen LogP contribution in [0.15, 0.2) is 21.1 Å². The van der Waals surface area contributed by atoms with Crippen LogP contribution in [0.2, 0.25) is 0 Å². The molecule has 0 fully saturated rings. The fourth-order valence-electron chi connectivity index (χ4n) is 1.27. The van der Waals surface area contributed by atoms with E-state index in [0.717, 1.165) is 6.42 Å². The van der Waals surface area contributed by atoms with Crippen LogP contribution >= 0.6 is 31.9 Å². The number of aliphatic hydroxyl groups excluding tert-OH is 1. The van der Waals surface area contributed by atoms with Crippen molar-refractivity contribution in [2.45, 2.75) is 25.9 Å². The summed E-state index contributed by atoms with van der Waals surface area (Å²) in [7, 11) is 0. The summed E-state index contributed by atoms with van der Waals surface area (Å²) in [4.78, 5) is 0. The fourth-order valence-corrected chi connectivity index (χ4v) is 2.18. The van der Waals surface area contributed by atoms with Crippen molar-refractivity contribution in [2.75, 3.05) is 0 Å². The van der Waals surface area contributed by atoms with E-state index in [2.05, 4.69) is 31.9 Å². The maximum atomic E-state index is 13.6. The zero-order chi connectivity index (χ0) is 10.7. The van der Waals surface area contributed by atoms with Crippen molar-refractivity contribution in [3.63, 3.8) is 0 Å². The van der Waals surface area contributed by atoms with Gasteiger partial charge in [0.15, 0.2) is 0 Å². The Labute approximate surface area is 99.6 Å². The first kappa shape index (κ1) is 12.1. The highest BCUT2D eigenvalue weighted by Crippen LogP contribution is 2.32. The van der Waals surface area contributed by atoms with Gasteiger partial charge in [-0.25, -0.2) is 4.39 Å². The van der Waals surface area contributed by atoms with E-state index in [9.17, 15) is 9.50 Å². The Morgan fingerprint density at radius 3 is 2.50 bits per heavy atom. The Morgan fingerprint density at radius 1 is 1.36 bits per heavy atom. The van der Waals surface area contributed by atoms with Gasteiger partial charge in [-0.15, -0.1) is 0 Å². The Morgan fingerprint density at radius 2 is 1.93 bits per heavy atom. The molecule has 1 nitrogen and oxygen atoms in total. The molecule has 0 radical (unpaired) electrons. The van der Waals surface area contributed by atoms with Gasteiger partial charge >= 0.3 is 0 Å². The van der Waals surface area contributed by atoms with Crippen molar-refractivity contribution in [3.8, 4) is 0 Å². The predicted molar refractivity (Wildman–Crippen MR) is 61.7 cm³/mol. The molecule has 0 amide bonds. The van der Waals surface area contributed by atoms with Crippen LogP contribution < -0.4 is 0 Å². The largest absolute Gasteiger partial charge is 0.388 e. The van der Waals surface area contributed by atoms with Gasteiger partial charge in [0.05, 0.1) is 10.6 Å². The quantitative estimate of drug-likeness (QED) is 0.826. The number of halogens is 3. The molecule has 4 heteroatoms. The minimum atomic E-state index is -0.744. The normalized spacial score (nSPS) is 12.9. The summed E-state index contributed by atoms with van der Waals surface area (Å²) in [6.45, 7) is 1.95. The second-order valence-corrected chi connectivity index (χ2v) is 4.77. The van der Waals surface area contributed by atoms with Crippen LogP contribution in [0.3, 0.4) is 0 Å². The van der Waals surface area contributed by atoms with Gasteiger partial charge in [0.25, 0.3) is 0 Å². The third-order valence-corrected chi connectivity index (χ3v) is 3.28. The van der Waals surface area contributed by atoms with Gasteiger partial charge in [0.2, 0.25) is 0 Å². The van der Waals surface area contributed by atoms with Crippen LogP contribution in [-0.4, -0.2) is 5.11 Å². The molecule has 1 aromatic carbocycles. The number of rotatable bonds is 3. The van der Waals surface area contributed by atoms with Crippen molar-refractivity contribution >= 4 is 31.9 Å². The summed E-state index contributed by atoms with van der Waals surface area (Å²) in [5, 5.41) is 9.72. The van der Waals surface area contributed by atoms with E-state index >= 15 is 0 Å². The Kier molecular flexibility index (Phi) is 4.54. The average molecular weight is 326 g/mol. The van der Waals surface area contributed by atoms with Crippen molar-refractivity contribution < 1.29 is 9.50 Å². The smallest absolute Gasteiger partial charge is 0.144 e. The van der Waals surface area contributed by atoms with E-state index in [1.807, 2.05) is 6.92 Å². The molecule has 1 aromatic rings. The van der Waals surface area contributed by atoms with Crippen LogP contribution in [0.1, 0.15) is 31.4 Å². The van der Waals surface area contributed by atoms with E-state index in [-0.39, 0.29) is 5.82 Å². The molecule has 78 valence electrons. The molecule has 0 spiro atoms. The lowest BCUT2D eigenvalue weighted by atomic mass is 10.1. The molecule has 0 bridgehead atoms. The molecule has 0 heterocycles.